The third-order valence-electron chi connectivity index (χ3n) is 6.09. The van der Waals surface area contributed by atoms with Crippen LogP contribution in [0.4, 0.5) is 16.4 Å². The number of amides is 1. The SMILES string of the molecule is C[C@H](Nc1ncnc(N)c1C#N)c1nc2cccc(Cl)c2c(=O)n1CC1CCCN1C(=O)OC(C)(C)C. The van der Waals surface area contributed by atoms with Crippen LogP contribution in [0, 0.1) is 11.3 Å². The Labute approximate surface area is 219 Å². The number of nitrogens with one attached hydrogen (secondary N) is 1. The van der Waals surface area contributed by atoms with Crippen LogP contribution in [0.1, 0.15) is 58.0 Å². The second kappa shape index (κ2) is 10.2. The molecule has 2 atom stereocenters. The molecule has 0 saturated carbocycles. The molecule has 1 aliphatic heterocycles. The molecule has 1 saturated heterocycles. The zero-order chi connectivity index (χ0) is 26.9. The van der Waals surface area contributed by atoms with E-state index in [4.69, 9.17) is 27.1 Å². The Kier molecular flexibility index (Phi) is 7.23. The number of aromatic nitrogens is 4. The molecule has 1 amide bonds. The van der Waals surface area contributed by atoms with Crippen molar-refractivity contribution < 1.29 is 9.53 Å². The summed E-state index contributed by atoms with van der Waals surface area (Å²) in [6.07, 6.45) is 2.32. The summed E-state index contributed by atoms with van der Waals surface area (Å²) in [5, 5.41) is 13.3. The van der Waals surface area contributed by atoms with Gasteiger partial charge in [0.2, 0.25) is 0 Å². The first-order chi connectivity index (χ1) is 17.5. The van der Waals surface area contributed by atoms with E-state index in [0.29, 0.717) is 34.7 Å². The van der Waals surface area contributed by atoms with Gasteiger partial charge in [-0.15, -0.1) is 0 Å². The molecule has 11 nitrogen and oxygen atoms in total. The molecule has 37 heavy (non-hydrogen) atoms. The number of hydrogen-bond donors (Lipinski definition) is 2. The lowest BCUT2D eigenvalue weighted by atomic mass is 10.1. The van der Waals surface area contributed by atoms with Gasteiger partial charge in [-0.1, -0.05) is 17.7 Å². The number of carbonyl (C=O) groups excluding carboxylic acids is 1. The summed E-state index contributed by atoms with van der Waals surface area (Å²) in [7, 11) is 0. The first-order valence-electron chi connectivity index (χ1n) is 12.0. The Bertz CT molecular complexity index is 1440. The number of benzene rings is 1. The zero-order valence-electron chi connectivity index (χ0n) is 21.2. The van der Waals surface area contributed by atoms with Gasteiger partial charge >= 0.3 is 6.09 Å². The second-order valence-corrected chi connectivity index (χ2v) is 10.4. The van der Waals surface area contributed by atoms with E-state index in [1.165, 1.54) is 10.9 Å². The molecule has 1 aromatic carbocycles. The number of anilines is 2. The summed E-state index contributed by atoms with van der Waals surface area (Å²) in [5.74, 6) is 0.671. The third kappa shape index (κ3) is 5.44. The Hall–Kier alpha value is -3.91. The number of hydrogen-bond acceptors (Lipinski definition) is 9. The molecule has 194 valence electrons. The van der Waals surface area contributed by atoms with E-state index < -0.39 is 17.7 Å². The highest BCUT2D eigenvalue weighted by molar-refractivity contribution is 6.35. The van der Waals surface area contributed by atoms with Crippen LogP contribution in [0.5, 0.6) is 0 Å². The van der Waals surface area contributed by atoms with Crippen LogP contribution < -0.4 is 16.6 Å². The van der Waals surface area contributed by atoms with E-state index in [0.717, 1.165) is 6.42 Å². The van der Waals surface area contributed by atoms with Crippen molar-refractivity contribution in [3.8, 4) is 6.07 Å². The van der Waals surface area contributed by atoms with Crippen molar-refractivity contribution in [2.24, 2.45) is 0 Å². The summed E-state index contributed by atoms with van der Waals surface area (Å²) in [5.41, 5.74) is 5.42. The van der Waals surface area contributed by atoms with Gasteiger partial charge in [-0.3, -0.25) is 9.36 Å². The fourth-order valence-electron chi connectivity index (χ4n) is 4.43. The maximum absolute atomic E-state index is 13.8. The zero-order valence-corrected chi connectivity index (χ0v) is 21.9. The Morgan fingerprint density at radius 2 is 2.14 bits per heavy atom. The summed E-state index contributed by atoms with van der Waals surface area (Å²) < 4.78 is 7.13. The van der Waals surface area contributed by atoms with E-state index in [1.807, 2.05) is 26.8 Å². The van der Waals surface area contributed by atoms with E-state index >= 15 is 0 Å². The topological polar surface area (TPSA) is 152 Å². The van der Waals surface area contributed by atoms with Crippen LogP contribution in [0.2, 0.25) is 5.02 Å². The van der Waals surface area contributed by atoms with Crippen molar-refractivity contribution in [3.63, 3.8) is 0 Å². The van der Waals surface area contributed by atoms with Gasteiger partial charge in [0.1, 0.15) is 41.0 Å². The van der Waals surface area contributed by atoms with Crippen LogP contribution in [-0.2, 0) is 11.3 Å². The summed E-state index contributed by atoms with van der Waals surface area (Å²) in [4.78, 5) is 41.1. The lowest BCUT2D eigenvalue weighted by Gasteiger charge is -2.30. The first kappa shape index (κ1) is 26.2. The molecule has 3 aromatic rings. The number of nitrogens with two attached hydrogens (primary N) is 1. The fourth-order valence-corrected chi connectivity index (χ4v) is 4.68. The summed E-state index contributed by atoms with van der Waals surface area (Å²) in [6, 6.07) is 6.25. The first-order valence-corrected chi connectivity index (χ1v) is 12.3. The van der Waals surface area contributed by atoms with Crippen LogP contribution in [-0.4, -0.2) is 48.7 Å². The van der Waals surface area contributed by atoms with Crippen LogP contribution in [0.3, 0.4) is 0 Å². The van der Waals surface area contributed by atoms with Gasteiger partial charge in [0.05, 0.1) is 28.0 Å². The molecule has 0 radical (unpaired) electrons. The minimum Gasteiger partial charge on any atom is -0.444 e. The number of carbonyl (C=O) groups is 1. The number of likely N-dealkylation sites (tertiary alicyclic amines) is 1. The van der Waals surface area contributed by atoms with Crippen LogP contribution in [0.15, 0.2) is 29.3 Å². The standard InChI is InChI=1S/C25H29ClN8O3/c1-14(31-21-16(11-27)20(28)29-13-30-21)22-32-18-9-5-8-17(26)19(18)23(35)34(22)12-15-7-6-10-33(15)24(36)37-25(2,3)4/h5,8-9,13-15H,6-7,10,12H2,1-4H3,(H3,28,29,30,31)/t14-,15?/m0/s1. The average Bonchev–Trinajstić information content (AvgIpc) is 3.28. The monoisotopic (exact) mass is 524 g/mol. The van der Waals surface area contributed by atoms with Crippen molar-refractivity contribution in [2.45, 2.75) is 64.8 Å². The van der Waals surface area contributed by atoms with Gasteiger partial charge in [-0.2, -0.15) is 5.26 Å². The number of rotatable bonds is 5. The number of nitrogens with zero attached hydrogens (tertiary/aromatic N) is 6. The fraction of sp³-hybridized carbons (Fsp3) is 0.440. The minimum absolute atomic E-state index is 0.0433. The van der Waals surface area contributed by atoms with Crippen molar-refractivity contribution in [1.29, 1.82) is 5.26 Å². The predicted octanol–water partition coefficient (Wildman–Crippen LogP) is 3.87. The highest BCUT2D eigenvalue weighted by Crippen LogP contribution is 2.27. The van der Waals surface area contributed by atoms with Crippen molar-refractivity contribution in [3.05, 3.63) is 51.3 Å². The highest BCUT2D eigenvalue weighted by atomic mass is 35.5. The molecule has 3 N–H and O–H groups in total. The lowest BCUT2D eigenvalue weighted by Crippen LogP contribution is -2.43. The molecular formula is C25H29ClN8O3. The Morgan fingerprint density at radius 3 is 2.84 bits per heavy atom. The average molecular weight is 525 g/mol. The van der Waals surface area contributed by atoms with Gasteiger partial charge in [-0.05, 0) is 52.7 Å². The maximum Gasteiger partial charge on any atom is 0.410 e. The number of halogens is 1. The molecule has 4 rings (SSSR count). The number of nitriles is 1. The molecule has 3 heterocycles. The van der Waals surface area contributed by atoms with Crippen molar-refractivity contribution in [2.75, 3.05) is 17.6 Å². The highest BCUT2D eigenvalue weighted by Gasteiger charge is 2.34. The van der Waals surface area contributed by atoms with E-state index in [1.54, 1.807) is 30.0 Å². The normalized spacial score (nSPS) is 16.4. The van der Waals surface area contributed by atoms with Crippen molar-refractivity contribution in [1.82, 2.24) is 24.4 Å². The smallest absolute Gasteiger partial charge is 0.410 e. The second-order valence-electron chi connectivity index (χ2n) is 9.95. The molecule has 0 spiro atoms. The molecule has 2 aromatic heterocycles. The van der Waals surface area contributed by atoms with E-state index in [9.17, 15) is 14.9 Å². The molecule has 12 heteroatoms. The summed E-state index contributed by atoms with van der Waals surface area (Å²) in [6.45, 7) is 7.98. The predicted molar refractivity (Wildman–Crippen MR) is 140 cm³/mol. The number of nitrogen functional groups attached to an aromatic ring is 1. The molecule has 1 fully saturated rings. The molecule has 0 bridgehead atoms. The van der Waals surface area contributed by atoms with Gasteiger partial charge < -0.3 is 20.7 Å². The van der Waals surface area contributed by atoms with Gasteiger partial charge in [0.15, 0.2) is 0 Å². The minimum atomic E-state index is -0.638. The molecule has 1 unspecified atom stereocenters. The van der Waals surface area contributed by atoms with Crippen molar-refractivity contribution >= 4 is 40.2 Å². The molecule has 0 aliphatic carbocycles. The number of fused-ring (bicyclic) bond motifs is 1. The van der Waals surface area contributed by atoms with Crippen LogP contribution in [0.25, 0.3) is 10.9 Å². The maximum atomic E-state index is 13.8. The summed E-state index contributed by atoms with van der Waals surface area (Å²) >= 11 is 6.40. The van der Waals surface area contributed by atoms with E-state index in [2.05, 4.69) is 15.3 Å². The number of ether oxygens (including phenoxy) is 1. The largest absolute Gasteiger partial charge is 0.444 e. The van der Waals surface area contributed by atoms with Gasteiger partial charge in [-0.25, -0.2) is 19.7 Å². The van der Waals surface area contributed by atoms with Crippen LogP contribution >= 0.6 is 11.6 Å². The Morgan fingerprint density at radius 1 is 1.38 bits per heavy atom. The molecular weight excluding hydrogens is 496 g/mol. The molecule has 1 aliphatic rings. The van der Waals surface area contributed by atoms with E-state index in [-0.39, 0.29) is 35.3 Å². The Balaban J connectivity index is 1.77. The quantitative estimate of drug-likeness (QED) is 0.506. The van der Waals surface area contributed by atoms with Gasteiger partial charge in [0, 0.05) is 13.1 Å². The van der Waals surface area contributed by atoms with Gasteiger partial charge in [0.25, 0.3) is 5.56 Å². The third-order valence-corrected chi connectivity index (χ3v) is 6.40. The lowest BCUT2D eigenvalue weighted by molar-refractivity contribution is 0.0212.